The van der Waals surface area contributed by atoms with Crippen LogP contribution >= 0.6 is 0 Å². The van der Waals surface area contributed by atoms with Gasteiger partial charge in [-0.3, -0.25) is 9.59 Å². The Balaban J connectivity index is 1.63. The number of methoxy groups -OCH3 is 2. The smallest absolute Gasteiger partial charge is 0.407 e. The van der Waals surface area contributed by atoms with Crippen molar-refractivity contribution in [3.8, 4) is 22.5 Å². The lowest BCUT2D eigenvalue weighted by atomic mass is 10.1. The third-order valence-corrected chi connectivity index (χ3v) is 6.28. The van der Waals surface area contributed by atoms with Crippen molar-refractivity contribution in [2.24, 2.45) is 0 Å². The van der Waals surface area contributed by atoms with Crippen LogP contribution in [0.1, 0.15) is 38.3 Å². The summed E-state index contributed by atoms with van der Waals surface area (Å²) < 4.78 is 9.05. The fraction of sp³-hybridized carbons (Fsp3) is 0.429. The van der Waals surface area contributed by atoms with Crippen molar-refractivity contribution in [1.82, 2.24) is 40.4 Å². The number of carbonyl (C=O) groups is 4. The van der Waals surface area contributed by atoms with E-state index in [0.29, 0.717) is 24.7 Å². The average Bonchev–Trinajstić information content (AvgIpc) is 3.68. The van der Waals surface area contributed by atoms with Crippen LogP contribution in [-0.2, 0) is 32.2 Å². The minimum atomic E-state index is -0.659. The summed E-state index contributed by atoms with van der Waals surface area (Å²) in [5, 5.41) is 4.83. The second kappa shape index (κ2) is 15.8. The molecule has 0 radical (unpaired) electrons. The average molecular weight is 583 g/mol. The number of amides is 4. The van der Waals surface area contributed by atoms with Crippen LogP contribution in [0.3, 0.4) is 0 Å². The van der Waals surface area contributed by atoms with E-state index in [9.17, 15) is 19.2 Å². The highest BCUT2D eigenvalue weighted by Gasteiger charge is 2.18. The molecule has 14 nitrogen and oxygen atoms in total. The van der Waals surface area contributed by atoms with Crippen molar-refractivity contribution < 1.29 is 28.7 Å². The van der Waals surface area contributed by atoms with Crippen LogP contribution < -0.4 is 10.6 Å². The van der Waals surface area contributed by atoms with E-state index in [1.807, 2.05) is 38.1 Å². The Bertz CT molecular complexity index is 1230. The van der Waals surface area contributed by atoms with Crippen molar-refractivity contribution in [1.29, 1.82) is 0 Å². The van der Waals surface area contributed by atoms with E-state index in [2.05, 4.69) is 40.0 Å². The third kappa shape index (κ3) is 9.08. The maximum Gasteiger partial charge on any atom is 0.407 e. The normalized spacial score (nSPS) is 10.6. The first-order chi connectivity index (χ1) is 20.3. The number of ether oxygens (including phenoxy) is 2. The number of hydrogen-bond acceptors (Lipinski definition) is 8. The van der Waals surface area contributed by atoms with E-state index in [0.717, 1.165) is 35.4 Å². The van der Waals surface area contributed by atoms with Crippen LogP contribution in [0.5, 0.6) is 0 Å². The van der Waals surface area contributed by atoms with E-state index in [-0.39, 0.29) is 38.0 Å². The molecule has 2 heterocycles. The summed E-state index contributed by atoms with van der Waals surface area (Å²) in [6.07, 6.45) is 3.63. The van der Waals surface area contributed by atoms with Crippen LogP contribution in [0, 0.1) is 0 Å². The largest absolute Gasteiger partial charge is 0.453 e. The van der Waals surface area contributed by atoms with Crippen molar-refractivity contribution >= 4 is 24.0 Å². The summed E-state index contributed by atoms with van der Waals surface area (Å²) in [7, 11) is 2.49. The van der Waals surface area contributed by atoms with Gasteiger partial charge >= 0.3 is 12.2 Å². The van der Waals surface area contributed by atoms with Crippen LogP contribution in [0.15, 0.2) is 36.7 Å². The Labute approximate surface area is 244 Å². The molecule has 3 rings (SSSR count). The molecule has 0 bridgehead atoms. The number of hydrogen-bond donors (Lipinski definition) is 4. The summed E-state index contributed by atoms with van der Waals surface area (Å²) in [6.45, 7) is 5.23. The van der Waals surface area contributed by atoms with E-state index >= 15 is 0 Å². The molecular formula is C28H38N8O6. The molecule has 0 saturated heterocycles. The van der Waals surface area contributed by atoms with Crippen molar-refractivity contribution in [2.45, 2.75) is 39.8 Å². The highest BCUT2D eigenvalue weighted by atomic mass is 16.5. The Hall–Kier alpha value is -4.88. The highest BCUT2D eigenvalue weighted by molar-refractivity contribution is 5.82. The summed E-state index contributed by atoms with van der Waals surface area (Å²) in [5.74, 6) is 0.785. The van der Waals surface area contributed by atoms with Gasteiger partial charge in [0, 0.05) is 13.1 Å². The molecular weight excluding hydrogens is 544 g/mol. The zero-order chi connectivity index (χ0) is 30.5. The highest BCUT2D eigenvalue weighted by Crippen LogP contribution is 2.23. The number of nitrogens with zero attached hydrogens (tertiary/aromatic N) is 4. The van der Waals surface area contributed by atoms with E-state index < -0.39 is 12.2 Å². The zero-order valence-electron chi connectivity index (χ0n) is 24.4. The fourth-order valence-electron chi connectivity index (χ4n) is 4.16. The number of rotatable bonds is 14. The van der Waals surface area contributed by atoms with Crippen molar-refractivity contribution in [2.75, 3.05) is 40.4 Å². The number of carbonyl (C=O) groups excluding carboxylic acids is 4. The summed E-state index contributed by atoms with van der Waals surface area (Å²) >= 11 is 0. The van der Waals surface area contributed by atoms with Gasteiger partial charge in [-0.2, -0.15) is 0 Å². The molecule has 0 aliphatic heterocycles. The quantitative estimate of drug-likeness (QED) is 0.224. The third-order valence-electron chi connectivity index (χ3n) is 6.28. The lowest BCUT2D eigenvalue weighted by Gasteiger charge is -2.21. The lowest BCUT2D eigenvalue weighted by molar-refractivity contribution is -0.131. The molecule has 0 fully saturated rings. The second-order valence-corrected chi connectivity index (χ2v) is 9.39. The summed E-state index contributed by atoms with van der Waals surface area (Å²) in [4.78, 5) is 66.4. The Morgan fingerprint density at radius 3 is 1.43 bits per heavy atom. The molecule has 14 heteroatoms. The Morgan fingerprint density at radius 1 is 0.714 bits per heavy atom. The molecule has 42 heavy (non-hydrogen) atoms. The van der Waals surface area contributed by atoms with E-state index in [1.54, 1.807) is 22.2 Å². The molecule has 1 aromatic carbocycles. The first-order valence-corrected chi connectivity index (χ1v) is 13.7. The number of aromatic nitrogens is 4. The van der Waals surface area contributed by atoms with Gasteiger partial charge in [-0.25, -0.2) is 19.6 Å². The van der Waals surface area contributed by atoms with Gasteiger partial charge in [-0.15, -0.1) is 0 Å². The number of H-pyrrole nitrogens is 2. The molecule has 0 spiro atoms. The topological polar surface area (TPSA) is 175 Å². The first kappa shape index (κ1) is 31.6. The van der Waals surface area contributed by atoms with Crippen molar-refractivity contribution in [3.05, 3.63) is 48.3 Å². The molecule has 2 aromatic heterocycles. The molecule has 226 valence electrons. The van der Waals surface area contributed by atoms with Crippen LogP contribution in [0.2, 0.25) is 0 Å². The molecule has 0 atom stereocenters. The molecule has 0 aliphatic carbocycles. The maximum atomic E-state index is 12.6. The number of imidazole rings is 2. The molecule has 4 N–H and O–H groups in total. The van der Waals surface area contributed by atoms with Gasteiger partial charge < -0.3 is 39.9 Å². The SMILES string of the molecule is CCCN(Cc1ncc(-c2ccc(-c3cnc(CN(CCC)C(=O)CNC(=O)OC)[nH]3)cc2)[nH]1)C(=O)CNC(=O)OC. The molecule has 0 saturated carbocycles. The first-order valence-electron chi connectivity index (χ1n) is 13.7. The van der Waals surface area contributed by atoms with Gasteiger partial charge in [0.05, 0.1) is 51.1 Å². The monoisotopic (exact) mass is 582 g/mol. The number of nitrogens with one attached hydrogen (secondary N) is 4. The van der Waals surface area contributed by atoms with Crippen LogP contribution in [-0.4, -0.2) is 94.1 Å². The van der Waals surface area contributed by atoms with Crippen molar-refractivity contribution in [3.63, 3.8) is 0 Å². The van der Waals surface area contributed by atoms with Gasteiger partial charge in [-0.05, 0) is 24.0 Å². The second-order valence-electron chi connectivity index (χ2n) is 9.39. The number of benzene rings is 1. The van der Waals surface area contributed by atoms with Crippen LogP contribution in [0.25, 0.3) is 22.5 Å². The van der Waals surface area contributed by atoms with Gasteiger partial charge in [0.1, 0.15) is 24.7 Å². The van der Waals surface area contributed by atoms with Gasteiger partial charge in [0.25, 0.3) is 0 Å². The molecule has 3 aromatic rings. The minimum Gasteiger partial charge on any atom is -0.453 e. The predicted octanol–water partition coefficient (Wildman–Crippen LogP) is 2.66. The standard InChI is InChI=1S/C28H38N8O6/c1-5-11-35(25(37)15-31-27(39)41-3)17-23-29-13-21(33-23)19-7-9-20(10-8-19)22-14-30-24(34-22)18-36(12-6-2)26(38)16-32-28(40)42-4/h7-10,13-14H,5-6,11-12,15-18H2,1-4H3,(H,29,33)(H,30,34)(H,31,39)(H,32,40). The Kier molecular flexibility index (Phi) is 11.9. The van der Waals surface area contributed by atoms with E-state index in [1.165, 1.54) is 14.2 Å². The summed E-state index contributed by atoms with van der Waals surface area (Å²) in [6, 6.07) is 7.81. The predicted molar refractivity (Wildman–Crippen MR) is 154 cm³/mol. The van der Waals surface area contributed by atoms with Gasteiger partial charge in [-0.1, -0.05) is 38.1 Å². The van der Waals surface area contributed by atoms with Gasteiger partial charge in [0.15, 0.2) is 0 Å². The fourth-order valence-corrected chi connectivity index (χ4v) is 4.16. The molecule has 0 unspecified atom stereocenters. The maximum absolute atomic E-state index is 12.6. The summed E-state index contributed by atoms with van der Waals surface area (Å²) in [5.41, 5.74) is 3.42. The minimum absolute atomic E-state index is 0.156. The van der Waals surface area contributed by atoms with Crippen LogP contribution in [0.4, 0.5) is 9.59 Å². The van der Waals surface area contributed by atoms with Gasteiger partial charge in [0.2, 0.25) is 11.8 Å². The zero-order valence-corrected chi connectivity index (χ0v) is 24.4. The molecule has 0 aliphatic rings. The number of aromatic amines is 2. The Morgan fingerprint density at radius 2 is 1.10 bits per heavy atom. The molecule has 4 amide bonds. The van der Waals surface area contributed by atoms with E-state index in [4.69, 9.17) is 0 Å². The lowest BCUT2D eigenvalue weighted by Crippen LogP contribution is -2.40. The number of alkyl carbamates (subject to hydrolysis) is 2.